The third kappa shape index (κ3) is 1.55. The summed E-state index contributed by atoms with van der Waals surface area (Å²) in [5.74, 6) is 0. The van der Waals surface area contributed by atoms with Gasteiger partial charge in [-0.25, -0.2) is 9.97 Å². The Kier molecular flexibility index (Phi) is 2.20. The van der Waals surface area contributed by atoms with E-state index in [0.717, 1.165) is 26.5 Å². The van der Waals surface area contributed by atoms with Crippen LogP contribution in [-0.4, -0.2) is 9.97 Å². The van der Waals surface area contributed by atoms with Crippen molar-refractivity contribution in [2.75, 3.05) is 0 Å². The molecule has 0 aromatic carbocycles. The smallest absolute Gasteiger partial charge is 0.143 e. The Morgan fingerprint density at radius 3 is 2.93 bits per heavy atom. The lowest BCUT2D eigenvalue weighted by Crippen LogP contribution is -1.79. The molecule has 0 aliphatic carbocycles. The Bertz CT molecular complexity index is 614. The highest BCUT2D eigenvalue weighted by molar-refractivity contribution is 7.16. The van der Waals surface area contributed by atoms with E-state index >= 15 is 0 Å². The average molecular weight is 253 g/mol. The van der Waals surface area contributed by atoms with Gasteiger partial charge in [-0.05, 0) is 6.07 Å². The van der Waals surface area contributed by atoms with Crippen molar-refractivity contribution in [2.45, 2.75) is 0 Å². The molecule has 15 heavy (non-hydrogen) atoms. The van der Waals surface area contributed by atoms with E-state index < -0.39 is 0 Å². The monoisotopic (exact) mass is 252 g/mol. The molecule has 0 radical (unpaired) electrons. The molecule has 74 valence electrons. The lowest BCUT2D eigenvalue weighted by atomic mass is 10.1. The molecule has 0 saturated carbocycles. The number of thiophene rings is 1. The molecular formula is C10H5ClN2S2. The first-order chi connectivity index (χ1) is 7.34. The summed E-state index contributed by atoms with van der Waals surface area (Å²) in [4.78, 5) is 9.54. The van der Waals surface area contributed by atoms with Gasteiger partial charge in [0.15, 0.2) is 0 Å². The normalized spacial score (nSPS) is 11.0. The maximum Gasteiger partial charge on any atom is 0.143 e. The van der Waals surface area contributed by atoms with Crippen LogP contribution in [0.5, 0.6) is 0 Å². The Labute approximate surface area is 99.2 Å². The van der Waals surface area contributed by atoms with Crippen molar-refractivity contribution < 1.29 is 0 Å². The third-order valence-corrected chi connectivity index (χ3v) is 4.05. The summed E-state index contributed by atoms with van der Waals surface area (Å²) in [5.41, 5.74) is 4.79. The molecule has 3 rings (SSSR count). The van der Waals surface area contributed by atoms with E-state index in [4.69, 9.17) is 11.6 Å². The highest BCUT2D eigenvalue weighted by Crippen LogP contribution is 2.32. The van der Waals surface area contributed by atoms with E-state index in [1.807, 2.05) is 23.0 Å². The minimum absolute atomic E-state index is 0.774. The van der Waals surface area contributed by atoms with Crippen LogP contribution < -0.4 is 0 Å². The number of pyridine rings is 1. The van der Waals surface area contributed by atoms with Gasteiger partial charge < -0.3 is 0 Å². The SMILES string of the molecule is Clc1cscc1-c1cnc2scnc2c1. The molecule has 5 heteroatoms. The summed E-state index contributed by atoms with van der Waals surface area (Å²) in [6.07, 6.45) is 1.84. The molecule has 0 unspecified atom stereocenters. The number of fused-ring (bicyclic) bond motifs is 1. The van der Waals surface area contributed by atoms with Gasteiger partial charge in [0.25, 0.3) is 0 Å². The largest absolute Gasteiger partial charge is 0.243 e. The lowest BCUT2D eigenvalue weighted by Gasteiger charge is -1.97. The van der Waals surface area contributed by atoms with Gasteiger partial charge in [-0.3, -0.25) is 0 Å². The fraction of sp³-hybridized carbons (Fsp3) is 0. The molecule has 0 fully saturated rings. The van der Waals surface area contributed by atoms with E-state index in [1.165, 1.54) is 0 Å². The fourth-order valence-corrected chi connectivity index (χ4v) is 3.10. The minimum atomic E-state index is 0.774. The molecule has 0 spiro atoms. The van der Waals surface area contributed by atoms with Crippen molar-refractivity contribution in [3.8, 4) is 11.1 Å². The molecule has 3 aromatic heterocycles. The second kappa shape index (κ2) is 3.56. The Morgan fingerprint density at radius 2 is 2.13 bits per heavy atom. The van der Waals surface area contributed by atoms with Crippen molar-refractivity contribution >= 4 is 44.6 Å². The molecule has 3 aromatic rings. The molecule has 0 bridgehead atoms. The van der Waals surface area contributed by atoms with E-state index in [1.54, 1.807) is 28.2 Å². The average Bonchev–Trinajstić information content (AvgIpc) is 2.84. The van der Waals surface area contributed by atoms with Crippen molar-refractivity contribution in [2.24, 2.45) is 0 Å². The predicted octanol–water partition coefficient (Wildman–Crippen LogP) is 4.07. The number of thiazole rings is 1. The van der Waals surface area contributed by atoms with Crippen LogP contribution in [0.15, 0.2) is 28.5 Å². The molecule has 0 aliphatic heterocycles. The van der Waals surface area contributed by atoms with Crippen LogP contribution in [-0.2, 0) is 0 Å². The summed E-state index contributed by atoms with van der Waals surface area (Å²) >= 11 is 9.20. The molecule has 0 aliphatic rings. The third-order valence-electron chi connectivity index (χ3n) is 2.11. The first-order valence-corrected chi connectivity index (χ1v) is 6.46. The molecule has 0 N–H and O–H groups in total. The van der Waals surface area contributed by atoms with Gasteiger partial charge in [-0.1, -0.05) is 11.6 Å². The summed E-state index contributed by atoms with van der Waals surface area (Å²) in [5, 5.41) is 4.72. The van der Waals surface area contributed by atoms with Gasteiger partial charge in [-0.15, -0.1) is 11.3 Å². The van der Waals surface area contributed by atoms with Crippen LogP contribution in [0.3, 0.4) is 0 Å². The lowest BCUT2D eigenvalue weighted by molar-refractivity contribution is 1.41. The van der Waals surface area contributed by atoms with Gasteiger partial charge in [0.1, 0.15) is 10.3 Å². The molecular weight excluding hydrogens is 248 g/mol. The Morgan fingerprint density at radius 1 is 1.20 bits per heavy atom. The summed E-state index contributed by atoms with van der Waals surface area (Å²) in [6, 6.07) is 2.02. The van der Waals surface area contributed by atoms with Crippen molar-refractivity contribution in [1.82, 2.24) is 9.97 Å². The highest BCUT2D eigenvalue weighted by Gasteiger charge is 2.06. The van der Waals surface area contributed by atoms with Crippen LogP contribution in [0.25, 0.3) is 21.5 Å². The first-order valence-electron chi connectivity index (χ1n) is 4.26. The minimum Gasteiger partial charge on any atom is -0.243 e. The zero-order chi connectivity index (χ0) is 10.3. The maximum absolute atomic E-state index is 6.06. The molecule has 2 nitrogen and oxygen atoms in total. The van der Waals surface area contributed by atoms with Crippen LogP contribution in [0.2, 0.25) is 5.02 Å². The number of hydrogen-bond donors (Lipinski definition) is 0. The number of halogens is 1. The van der Waals surface area contributed by atoms with E-state index in [9.17, 15) is 0 Å². The van der Waals surface area contributed by atoms with Crippen molar-refractivity contribution in [3.05, 3.63) is 33.6 Å². The summed E-state index contributed by atoms with van der Waals surface area (Å²) in [7, 11) is 0. The van der Waals surface area contributed by atoms with Crippen LogP contribution in [0.4, 0.5) is 0 Å². The Hall–Kier alpha value is -0.970. The number of rotatable bonds is 1. The second-order valence-electron chi connectivity index (χ2n) is 3.03. The molecule has 3 heterocycles. The quantitative estimate of drug-likeness (QED) is 0.652. The van der Waals surface area contributed by atoms with Crippen molar-refractivity contribution in [3.63, 3.8) is 0 Å². The number of nitrogens with zero attached hydrogens (tertiary/aromatic N) is 2. The van der Waals surface area contributed by atoms with Crippen LogP contribution >= 0.6 is 34.3 Å². The Balaban J connectivity index is 2.23. The second-order valence-corrected chi connectivity index (χ2v) is 5.02. The molecule has 0 atom stereocenters. The maximum atomic E-state index is 6.06. The van der Waals surface area contributed by atoms with Gasteiger partial charge in [-0.2, -0.15) is 11.3 Å². The number of aromatic nitrogens is 2. The topological polar surface area (TPSA) is 25.8 Å². The molecule has 0 amide bonds. The van der Waals surface area contributed by atoms with E-state index in [-0.39, 0.29) is 0 Å². The standard InChI is InChI=1S/C10H5ClN2S2/c11-8-4-14-3-7(8)6-1-9-10(12-2-6)15-5-13-9/h1-5H. The molecule has 0 saturated heterocycles. The summed E-state index contributed by atoms with van der Waals surface area (Å²) < 4.78 is 0. The van der Waals surface area contributed by atoms with Gasteiger partial charge in [0.2, 0.25) is 0 Å². The highest BCUT2D eigenvalue weighted by atomic mass is 35.5. The van der Waals surface area contributed by atoms with Gasteiger partial charge >= 0.3 is 0 Å². The fourth-order valence-electron chi connectivity index (χ4n) is 1.39. The predicted molar refractivity (Wildman–Crippen MR) is 65.7 cm³/mol. The van der Waals surface area contributed by atoms with Gasteiger partial charge in [0.05, 0.1) is 10.5 Å². The number of hydrogen-bond acceptors (Lipinski definition) is 4. The van der Waals surface area contributed by atoms with Crippen LogP contribution in [0, 0.1) is 0 Å². The zero-order valence-electron chi connectivity index (χ0n) is 7.48. The van der Waals surface area contributed by atoms with Gasteiger partial charge in [0, 0.05) is 28.1 Å². The van der Waals surface area contributed by atoms with Crippen LogP contribution in [0.1, 0.15) is 0 Å². The zero-order valence-corrected chi connectivity index (χ0v) is 9.86. The van der Waals surface area contributed by atoms with Crippen molar-refractivity contribution in [1.29, 1.82) is 0 Å². The van der Waals surface area contributed by atoms with E-state index in [2.05, 4.69) is 9.97 Å². The van der Waals surface area contributed by atoms with E-state index in [0.29, 0.717) is 0 Å². The first kappa shape index (κ1) is 9.27. The summed E-state index contributed by atoms with van der Waals surface area (Å²) in [6.45, 7) is 0.